The van der Waals surface area contributed by atoms with Gasteiger partial charge in [-0.2, -0.15) is 0 Å². The maximum Gasteiger partial charge on any atom is 0.0511 e. The molecule has 2 nitrogen and oxygen atoms in total. The number of rotatable bonds is 3. The van der Waals surface area contributed by atoms with Crippen LogP contribution in [0.3, 0.4) is 0 Å². The summed E-state index contributed by atoms with van der Waals surface area (Å²) < 4.78 is 0. The summed E-state index contributed by atoms with van der Waals surface area (Å²) in [6.45, 7) is 6.69. The molecule has 3 N–H and O–H groups in total. The van der Waals surface area contributed by atoms with Crippen LogP contribution in [0.2, 0.25) is 0 Å². The first-order valence-electron chi connectivity index (χ1n) is 6.59. The molecule has 1 aromatic rings. The zero-order valence-corrected chi connectivity index (χ0v) is 11.2. The van der Waals surface area contributed by atoms with Crippen molar-refractivity contribution in [3.05, 3.63) is 35.4 Å². The third kappa shape index (κ3) is 2.53. The fraction of sp³-hybridized carbons (Fsp3) is 0.600. The summed E-state index contributed by atoms with van der Waals surface area (Å²) in [6.07, 6.45) is 4.03. The zero-order chi connectivity index (χ0) is 12.5. The Balaban J connectivity index is 2.35. The molecule has 0 radical (unpaired) electrons. The maximum atomic E-state index is 5.77. The maximum absolute atomic E-state index is 5.77. The van der Waals surface area contributed by atoms with Crippen LogP contribution < -0.4 is 11.3 Å². The number of benzene rings is 1. The van der Waals surface area contributed by atoms with Crippen LogP contribution in [0.5, 0.6) is 0 Å². The van der Waals surface area contributed by atoms with E-state index in [0.29, 0.717) is 0 Å². The van der Waals surface area contributed by atoms with Crippen LogP contribution in [0, 0.1) is 5.41 Å². The van der Waals surface area contributed by atoms with E-state index in [1.54, 1.807) is 0 Å². The normalized spacial score (nSPS) is 18.8. The van der Waals surface area contributed by atoms with Gasteiger partial charge in [0.1, 0.15) is 0 Å². The first-order chi connectivity index (χ1) is 8.04. The van der Waals surface area contributed by atoms with Gasteiger partial charge >= 0.3 is 0 Å². The van der Waals surface area contributed by atoms with Crippen LogP contribution in [0.1, 0.15) is 63.1 Å². The molecule has 1 aliphatic carbocycles. The lowest BCUT2D eigenvalue weighted by molar-refractivity contribution is 0.271. The highest BCUT2D eigenvalue weighted by Crippen LogP contribution is 2.42. The largest absolute Gasteiger partial charge is 0.271 e. The highest BCUT2D eigenvalue weighted by atomic mass is 15.2. The summed E-state index contributed by atoms with van der Waals surface area (Å²) >= 11 is 0. The lowest BCUT2D eigenvalue weighted by Crippen LogP contribution is -2.37. The molecule has 17 heavy (non-hydrogen) atoms. The van der Waals surface area contributed by atoms with Crippen molar-refractivity contribution in [2.45, 2.75) is 52.0 Å². The Labute approximate surface area is 105 Å². The Morgan fingerprint density at radius 2 is 1.88 bits per heavy atom. The predicted molar refractivity (Wildman–Crippen MR) is 72.6 cm³/mol. The fourth-order valence-electron chi connectivity index (χ4n) is 2.67. The van der Waals surface area contributed by atoms with E-state index in [9.17, 15) is 0 Å². The Kier molecular flexibility index (Phi) is 3.55. The van der Waals surface area contributed by atoms with Crippen molar-refractivity contribution in [1.82, 2.24) is 5.43 Å². The van der Waals surface area contributed by atoms with E-state index in [-0.39, 0.29) is 11.5 Å². The topological polar surface area (TPSA) is 38.0 Å². The molecule has 0 spiro atoms. The number of nitrogens with two attached hydrogens (primary N) is 1. The molecule has 1 aromatic carbocycles. The molecular formula is C15H24N2. The van der Waals surface area contributed by atoms with Crippen LogP contribution in [0.4, 0.5) is 0 Å². The molecule has 1 unspecified atom stereocenters. The van der Waals surface area contributed by atoms with Crippen molar-refractivity contribution in [2.75, 3.05) is 0 Å². The predicted octanol–water partition coefficient (Wildman–Crippen LogP) is 3.50. The molecule has 1 fully saturated rings. The molecule has 0 heterocycles. The number of hydrazine groups is 1. The average Bonchev–Trinajstić information content (AvgIpc) is 2.16. The molecule has 1 atom stereocenters. The van der Waals surface area contributed by atoms with Gasteiger partial charge < -0.3 is 0 Å². The molecule has 2 heteroatoms. The third-order valence-electron chi connectivity index (χ3n) is 3.88. The Morgan fingerprint density at radius 3 is 2.35 bits per heavy atom. The van der Waals surface area contributed by atoms with E-state index in [2.05, 4.69) is 50.5 Å². The molecule has 2 rings (SSSR count). The summed E-state index contributed by atoms with van der Waals surface area (Å²) in [6, 6.07) is 8.99. The summed E-state index contributed by atoms with van der Waals surface area (Å²) in [4.78, 5) is 0. The molecule has 0 bridgehead atoms. The quantitative estimate of drug-likeness (QED) is 0.618. The van der Waals surface area contributed by atoms with E-state index >= 15 is 0 Å². The van der Waals surface area contributed by atoms with Crippen molar-refractivity contribution in [2.24, 2.45) is 11.3 Å². The number of hydrogen-bond acceptors (Lipinski definition) is 2. The van der Waals surface area contributed by atoms with E-state index in [4.69, 9.17) is 5.84 Å². The molecule has 1 aliphatic rings. The molecule has 94 valence electrons. The third-order valence-corrected chi connectivity index (χ3v) is 3.88. The standard InChI is InChI=1S/C15H24N2/c1-15(2,3)14(17-16)13-10-5-4-9-12(13)11-7-6-8-11/h4-5,9-11,14,17H,6-8,16H2,1-3H3. The van der Waals surface area contributed by atoms with E-state index in [0.717, 1.165) is 5.92 Å². The molecule has 0 aromatic heterocycles. The highest BCUT2D eigenvalue weighted by molar-refractivity contribution is 5.35. The second-order valence-electron chi connectivity index (χ2n) is 6.22. The summed E-state index contributed by atoms with van der Waals surface area (Å²) in [5.41, 5.74) is 6.01. The van der Waals surface area contributed by atoms with Gasteiger partial charge in [0, 0.05) is 0 Å². The Hall–Kier alpha value is -0.860. The van der Waals surface area contributed by atoms with Crippen LogP contribution in [-0.4, -0.2) is 0 Å². The molecule has 1 saturated carbocycles. The van der Waals surface area contributed by atoms with Gasteiger partial charge in [-0.15, -0.1) is 0 Å². The minimum atomic E-state index is 0.134. The van der Waals surface area contributed by atoms with Crippen molar-refractivity contribution in [3.63, 3.8) is 0 Å². The van der Waals surface area contributed by atoms with Gasteiger partial charge in [0.2, 0.25) is 0 Å². The Morgan fingerprint density at radius 1 is 1.24 bits per heavy atom. The van der Waals surface area contributed by atoms with Crippen molar-refractivity contribution in [3.8, 4) is 0 Å². The molecule has 0 saturated heterocycles. The monoisotopic (exact) mass is 232 g/mol. The number of nitrogens with one attached hydrogen (secondary N) is 1. The van der Waals surface area contributed by atoms with E-state index in [1.165, 1.54) is 30.4 Å². The van der Waals surface area contributed by atoms with Gasteiger partial charge in [0.25, 0.3) is 0 Å². The molecular weight excluding hydrogens is 208 g/mol. The lowest BCUT2D eigenvalue weighted by atomic mass is 9.73. The van der Waals surface area contributed by atoms with Gasteiger partial charge in [-0.25, -0.2) is 0 Å². The summed E-state index contributed by atoms with van der Waals surface area (Å²) in [7, 11) is 0. The minimum absolute atomic E-state index is 0.134. The fourth-order valence-corrected chi connectivity index (χ4v) is 2.67. The second-order valence-corrected chi connectivity index (χ2v) is 6.22. The van der Waals surface area contributed by atoms with Crippen molar-refractivity contribution < 1.29 is 0 Å². The lowest BCUT2D eigenvalue weighted by Gasteiger charge is -2.35. The zero-order valence-electron chi connectivity index (χ0n) is 11.2. The van der Waals surface area contributed by atoms with E-state index in [1.807, 2.05) is 0 Å². The van der Waals surface area contributed by atoms with Gasteiger partial charge in [0.15, 0.2) is 0 Å². The SMILES string of the molecule is CC(C)(C)C(NN)c1ccccc1C1CCC1. The van der Waals surface area contributed by atoms with Crippen molar-refractivity contribution >= 4 is 0 Å². The van der Waals surface area contributed by atoms with Gasteiger partial charge in [0.05, 0.1) is 6.04 Å². The van der Waals surface area contributed by atoms with Crippen LogP contribution in [-0.2, 0) is 0 Å². The summed E-state index contributed by atoms with van der Waals surface area (Å²) in [5.74, 6) is 6.52. The number of hydrogen-bond donors (Lipinski definition) is 2. The highest BCUT2D eigenvalue weighted by Gasteiger charge is 2.30. The first-order valence-corrected chi connectivity index (χ1v) is 6.59. The van der Waals surface area contributed by atoms with E-state index < -0.39 is 0 Å². The van der Waals surface area contributed by atoms with Crippen molar-refractivity contribution in [1.29, 1.82) is 0 Å². The van der Waals surface area contributed by atoms with Gasteiger partial charge in [-0.1, -0.05) is 51.5 Å². The van der Waals surface area contributed by atoms with Gasteiger partial charge in [-0.05, 0) is 35.3 Å². The second kappa shape index (κ2) is 4.79. The van der Waals surface area contributed by atoms with Crippen LogP contribution >= 0.6 is 0 Å². The molecule has 0 amide bonds. The van der Waals surface area contributed by atoms with Crippen LogP contribution in [0.25, 0.3) is 0 Å². The minimum Gasteiger partial charge on any atom is -0.271 e. The Bertz CT molecular complexity index is 375. The summed E-state index contributed by atoms with van der Waals surface area (Å²) in [5, 5.41) is 0. The average molecular weight is 232 g/mol. The molecule has 0 aliphatic heterocycles. The first kappa shape index (κ1) is 12.6. The van der Waals surface area contributed by atoms with Gasteiger partial charge in [-0.3, -0.25) is 11.3 Å². The smallest absolute Gasteiger partial charge is 0.0511 e. The van der Waals surface area contributed by atoms with Crippen LogP contribution in [0.15, 0.2) is 24.3 Å².